The Morgan fingerprint density at radius 1 is 1.38 bits per heavy atom. The zero-order chi connectivity index (χ0) is 18.5. The third-order valence-electron chi connectivity index (χ3n) is 4.14. The van der Waals surface area contributed by atoms with Gasteiger partial charge in [0.15, 0.2) is 5.11 Å². The van der Waals surface area contributed by atoms with Crippen molar-refractivity contribution in [2.24, 2.45) is 0 Å². The summed E-state index contributed by atoms with van der Waals surface area (Å²) in [6.45, 7) is 2.42. The Morgan fingerprint density at radius 2 is 2.19 bits per heavy atom. The summed E-state index contributed by atoms with van der Waals surface area (Å²) in [5.74, 6) is 0.320. The van der Waals surface area contributed by atoms with Crippen LogP contribution in [0.2, 0.25) is 0 Å². The van der Waals surface area contributed by atoms with Crippen LogP contribution in [0.15, 0.2) is 24.3 Å². The maximum Gasteiger partial charge on any atom is 0.257 e. The van der Waals surface area contributed by atoms with Crippen LogP contribution in [0.4, 0.5) is 5.00 Å². The van der Waals surface area contributed by atoms with Crippen molar-refractivity contribution < 1.29 is 9.53 Å². The summed E-state index contributed by atoms with van der Waals surface area (Å²) in [7, 11) is 0. The zero-order valence-corrected chi connectivity index (χ0v) is 16.1. The van der Waals surface area contributed by atoms with Gasteiger partial charge in [-0.05, 0) is 68.6 Å². The number of thiocarbonyl (C=S) groups is 1. The summed E-state index contributed by atoms with van der Waals surface area (Å²) in [6.07, 6.45) is 4.18. The van der Waals surface area contributed by atoms with Gasteiger partial charge in [-0.2, -0.15) is 5.26 Å². The molecule has 1 aliphatic carbocycles. The van der Waals surface area contributed by atoms with E-state index in [-0.39, 0.29) is 11.0 Å². The van der Waals surface area contributed by atoms with Crippen molar-refractivity contribution in [3.05, 3.63) is 45.8 Å². The van der Waals surface area contributed by atoms with Gasteiger partial charge < -0.3 is 10.1 Å². The van der Waals surface area contributed by atoms with E-state index >= 15 is 0 Å². The van der Waals surface area contributed by atoms with Crippen LogP contribution in [0.1, 0.15) is 46.1 Å². The first kappa shape index (κ1) is 18.4. The summed E-state index contributed by atoms with van der Waals surface area (Å²) in [4.78, 5) is 13.6. The van der Waals surface area contributed by atoms with Crippen LogP contribution in [-0.2, 0) is 12.8 Å². The van der Waals surface area contributed by atoms with Crippen LogP contribution in [0.5, 0.6) is 5.75 Å². The molecule has 0 radical (unpaired) electrons. The van der Waals surface area contributed by atoms with Crippen molar-refractivity contribution in [3.8, 4) is 11.8 Å². The molecule has 0 unspecified atom stereocenters. The quantitative estimate of drug-likeness (QED) is 0.778. The van der Waals surface area contributed by atoms with Gasteiger partial charge in [0.1, 0.15) is 16.8 Å². The molecule has 0 spiro atoms. The van der Waals surface area contributed by atoms with Gasteiger partial charge >= 0.3 is 0 Å². The van der Waals surface area contributed by atoms with Crippen LogP contribution in [-0.4, -0.2) is 17.6 Å². The molecular formula is C19H19N3O2S2. The largest absolute Gasteiger partial charge is 0.494 e. The van der Waals surface area contributed by atoms with Crippen LogP contribution < -0.4 is 15.4 Å². The minimum atomic E-state index is -0.316. The molecule has 7 heteroatoms. The van der Waals surface area contributed by atoms with E-state index in [4.69, 9.17) is 17.0 Å². The minimum absolute atomic E-state index is 0.187. The van der Waals surface area contributed by atoms with Gasteiger partial charge in [-0.3, -0.25) is 10.1 Å². The fourth-order valence-corrected chi connectivity index (χ4v) is 4.48. The number of fused-ring (bicyclic) bond motifs is 1. The zero-order valence-electron chi connectivity index (χ0n) is 14.4. The molecule has 1 aromatic heterocycles. The third kappa shape index (κ3) is 4.03. The molecule has 0 saturated carbocycles. The molecule has 5 nitrogen and oxygen atoms in total. The highest BCUT2D eigenvalue weighted by Crippen LogP contribution is 2.37. The highest BCUT2D eigenvalue weighted by molar-refractivity contribution is 7.80. The number of nitrogens with zero attached hydrogens (tertiary/aromatic N) is 1. The molecule has 2 N–H and O–H groups in total. The number of benzene rings is 1. The minimum Gasteiger partial charge on any atom is -0.494 e. The van der Waals surface area contributed by atoms with Crippen molar-refractivity contribution in [1.29, 1.82) is 5.26 Å². The van der Waals surface area contributed by atoms with Crippen molar-refractivity contribution in [1.82, 2.24) is 5.32 Å². The fourth-order valence-electron chi connectivity index (χ4n) is 2.98. The number of hydrogen-bond acceptors (Lipinski definition) is 5. The van der Waals surface area contributed by atoms with E-state index in [0.29, 0.717) is 28.5 Å². The molecule has 134 valence electrons. The molecule has 0 aliphatic heterocycles. The molecule has 1 amide bonds. The first-order valence-electron chi connectivity index (χ1n) is 8.52. The van der Waals surface area contributed by atoms with Crippen molar-refractivity contribution in [3.63, 3.8) is 0 Å². The summed E-state index contributed by atoms with van der Waals surface area (Å²) in [5.41, 5.74) is 2.25. The number of anilines is 1. The second kappa shape index (κ2) is 8.30. The van der Waals surface area contributed by atoms with Gasteiger partial charge in [0.2, 0.25) is 0 Å². The normalized spacial score (nSPS) is 12.6. The lowest BCUT2D eigenvalue weighted by Gasteiger charge is -2.10. The molecule has 3 rings (SSSR count). The van der Waals surface area contributed by atoms with E-state index in [1.165, 1.54) is 4.88 Å². The molecule has 26 heavy (non-hydrogen) atoms. The van der Waals surface area contributed by atoms with E-state index in [1.807, 2.05) is 6.92 Å². The van der Waals surface area contributed by atoms with Crippen molar-refractivity contribution in [2.75, 3.05) is 11.9 Å². The molecule has 0 atom stereocenters. The number of nitriles is 1. The van der Waals surface area contributed by atoms with Crippen LogP contribution in [0.3, 0.4) is 0 Å². The third-order valence-corrected chi connectivity index (χ3v) is 5.56. The van der Waals surface area contributed by atoms with Gasteiger partial charge in [-0.15, -0.1) is 11.3 Å². The Hall–Kier alpha value is -2.43. The number of nitrogens with one attached hydrogen (secondary N) is 2. The molecule has 2 aromatic rings. The Balaban J connectivity index is 1.69. The second-order valence-corrected chi connectivity index (χ2v) is 7.41. The number of thiophene rings is 1. The SMILES string of the molecule is CCOc1cccc(C(=O)NC(=S)Nc2sc3c(c2C#N)CCCC3)c1. The van der Waals surface area contributed by atoms with E-state index in [9.17, 15) is 10.1 Å². The van der Waals surface area contributed by atoms with E-state index in [0.717, 1.165) is 31.2 Å². The average molecular weight is 386 g/mol. The summed E-state index contributed by atoms with van der Waals surface area (Å²) in [6, 6.07) is 9.21. The number of carbonyl (C=O) groups excluding carboxylic acids is 1. The van der Waals surface area contributed by atoms with Crippen LogP contribution >= 0.6 is 23.6 Å². The lowest BCUT2D eigenvalue weighted by atomic mass is 9.96. The molecular weight excluding hydrogens is 366 g/mol. The Bertz CT molecular complexity index is 883. The lowest BCUT2D eigenvalue weighted by molar-refractivity contribution is 0.0977. The first-order chi connectivity index (χ1) is 12.6. The molecule has 1 heterocycles. The number of carbonyl (C=O) groups is 1. The highest BCUT2D eigenvalue weighted by atomic mass is 32.1. The second-order valence-electron chi connectivity index (χ2n) is 5.90. The van der Waals surface area contributed by atoms with Crippen LogP contribution in [0.25, 0.3) is 0 Å². The molecule has 0 bridgehead atoms. The van der Waals surface area contributed by atoms with E-state index < -0.39 is 0 Å². The Labute approximate surface area is 162 Å². The fraction of sp³-hybridized carbons (Fsp3) is 0.316. The predicted molar refractivity (Wildman–Crippen MR) is 107 cm³/mol. The lowest BCUT2D eigenvalue weighted by Crippen LogP contribution is -2.34. The molecule has 0 fully saturated rings. The smallest absolute Gasteiger partial charge is 0.257 e. The number of amides is 1. The standard InChI is InChI=1S/C19H19N3O2S2/c1-2-24-13-7-5-6-12(10-13)17(23)21-19(25)22-18-15(11-20)14-8-3-4-9-16(14)26-18/h5-7,10H,2-4,8-9H2,1H3,(H2,21,22,23,25). The first-order valence-corrected chi connectivity index (χ1v) is 9.74. The molecule has 1 aromatic carbocycles. The summed E-state index contributed by atoms with van der Waals surface area (Å²) >= 11 is 6.82. The monoisotopic (exact) mass is 385 g/mol. The van der Waals surface area contributed by atoms with Gasteiger partial charge in [0.25, 0.3) is 5.91 Å². The number of ether oxygens (including phenoxy) is 1. The summed E-state index contributed by atoms with van der Waals surface area (Å²) in [5, 5.41) is 16.1. The Morgan fingerprint density at radius 3 is 2.96 bits per heavy atom. The number of hydrogen-bond donors (Lipinski definition) is 2. The highest BCUT2D eigenvalue weighted by Gasteiger charge is 2.21. The average Bonchev–Trinajstić information content (AvgIpc) is 2.98. The van der Waals surface area contributed by atoms with Gasteiger partial charge in [-0.1, -0.05) is 6.07 Å². The van der Waals surface area contributed by atoms with Crippen molar-refractivity contribution >= 4 is 39.6 Å². The van der Waals surface area contributed by atoms with Gasteiger partial charge in [-0.25, -0.2) is 0 Å². The van der Waals surface area contributed by atoms with E-state index in [2.05, 4.69) is 16.7 Å². The van der Waals surface area contributed by atoms with E-state index in [1.54, 1.807) is 35.6 Å². The maximum absolute atomic E-state index is 12.4. The summed E-state index contributed by atoms with van der Waals surface area (Å²) < 4.78 is 5.41. The molecule has 0 saturated heterocycles. The Kier molecular flexibility index (Phi) is 5.86. The van der Waals surface area contributed by atoms with Crippen LogP contribution in [0, 0.1) is 11.3 Å². The number of aryl methyl sites for hydroxylation is 1. The van der Waals surface area contributed by atoms with Crippen molar-refractivity contribution in [2.45, 2.75) is 32.6 Å². The molecule has 1 aliphatic rings. The maximum atomic E-state index is 12.4. The van der Waals surface area contributed by atoms with Gasteiger partial charge in [0.05, 0.1) is 12.2 Å². The topological polar surface area (TPSA) is 74.2 Å². The number of rotatable bonds is 4. The predicted octanol–water partition coefficient (Wildman–Crippen LogP) is 4.02. The van der Waals surface area contributed by atoms with Gasteiger partial charge in [0, 0.05) is 10.4 Å².